The molecule has 1 aliphatic heterocycles. The van der Waals surface area contributed by atoms with E-state index in [1.165, 1.54) is 0 Å². The predicted octanol–water partition coefficient (Wildman–Crippen LogP) is 0.382. The van der Waals surface area contributed by atoms with Gasteiger partial charge in [0.05, 0.1) is 6.10 Å². The SMILES string of the molecule is NC(=O)c1ccc(C(=O)N2CCC(O)CC2)cc1. The average Bonchev–Trinajstić information content (AvgIpc) is 2.39. The highest BCUT2D eigenvalue weighted by atomic mass is 16.3. The number of piperidine rings is 1. The molecule has 0 atom stereocenters. The topological polar surface area (TPSA) is 83.6 Å². The summed E-state index contributed by atoms with van der Waals surface area (Å²) in [7, 11) is 0. The zero-order valence-electron chi connectivity index (χ0n) is 10.0. The number of benzene rings is 1. The number of nitrogens with two attached hydrogens (primary N) is 1. The Morgan fingerprint density at radius 2 is 1.61 bits per heavy atom. The highest BCUT2D eigenvalue weighted by Crippen LogP contribution is 2.14. The lowest BCUT2D eigenvalue weighted by Crippen LogP contribution is -2.40. The average molecular weight is 248 g/mol. The molecule has 0 aliphatic carbocycles. The van der Waals surface area contributed by atoms with Gasteiger partial charge in [-0.3, -0.25) is 9.59 Å². The van der Waals surface area contributed by atoms with E-state index < -0.39 is 5.91 Å². The first kappa shape index (κ1) is 12.6. The first-order valence-electron chi connectivity index (χ1n) is 5.95. The molecule has 1 heterocycles. The Morgan fingerprint density at radius 3 is 2.11 bits per heavy atom. The second-order valence-corrected chi connectivity index (χ2v) is 4.46. The smallest absolute Gasteiger partial charge is 0.253 e. The van der Waals surface area contributed by atoms with E-state index in [0.717, 1.165) is 0 Å². The van der Waals surface area contributed by atoms with Crippen LogP contribution in [-0.2, 0) is 0 Å². The van der Waals surface area contributed by atoms with Crippen molar-refractivity contribution in [3.63, 3.8) is 0 Å². The van der Waals surface area contributed by atoms with Crippen LogP contribution in [0.5, 0.6) is 0 Å². The molecule has 3 N–H and O–H groups in total. The van der Waals surface area contributed by atoms with Crippen LogP contribution >= 0.6 is 0 Å². The number of amides is 2. The normalized spacial score (nSPS) is 16.6. The Labute approximate surface area is 105 Å². The minimum atomic E-state index is -0.505. The fourth-order valence-electron chi connectivity index (χ4n) is 2.03. The van der Waals surface area contributed by atoms with Gasteiger partial charge in [0.15, 0.2) is 0 Å². The highest BCUT2D eigenvalue weighted by molar-refractivity contribution is 5.97. The number of aliphatic hydroxyl groups excluding tert-OH is 1. The minimum Gasteiger partial charge on any atom is -0.393 e. The van der Waals surface area contributed by atoms with Crippen LogP contribution in [-0.4, -0.2) is 41.0 Å². The lowest BCUT2D eigenvalue weighted by molar-refractivity contribution is 0.0546. The number of aliphatic hydroxyl groups is 1. The molecule has 5 nitrogen and oxygen atoms in total. The van der Waals surface area contributed by atoms with Gasteiger partial charge in [-0.05, 0) is 37.1 Å². The highest BCUT2D eigenvalue weighted by Gasteiger charge is 2.22. The van der Waals surface area contributed by atoms with Crippen LogP contribution in [0.3, 0.4) is 0 Å². The zero-order chi connectivity index (χ0) is 13.1. The molecule has 1 saturated heterocycles. The number of hydrogen-bond donors (Lipinski definition) is 2. The Bertz CT molecular complexity index is 448. The van der Waals surface area contributed by atoms with Crippen LogP contribution in [0.25, 0.3) is 0 Å². The number of carbonyl (C=O) groups is 2. The summed E-state index contributed by atoms with van der Waals surface area (Å²) in [5.41, 5.74) is 6.06. The summed E-state index contributed by atoms with van der Waals surface area (Å²) in [4.78, 5) is 24.7. The molecule has 0 spiro atoms. The van der Waals surface area contributed by atoms with Gasteiger partial charge in [0.25, 0.3) is 5.91 Å². The van der Waals surface area contributed by atoms with Gasteiger partial charge >= 0.3 is 0 Å². The molecule has 1 aliphatic rings. The van der Waals surface area contributed by atoms with Crippen LogP contribution in [0.1, 0.15) is 33.6 Å². The maximum atomic E-state index is 12.1. The van der Waals surface area contributed by atoms with E-state index in [1.807, 2.05) is 0 Å². The third-order valence-corrected chi connectivity index (χ3v) is 3.17. The fraction of sp³-hybridized carbons (Fsp3) is 0.385. The lowest BCUT2D eigenvalue weighted by atomic mass is 10.1. The first-order chi connectivity index (χ1) is 8.58. The van der Waals surface area contributed by atoms with Crippen molar-refractivity contribution < 1.29 is 14.7 Å². The summed E-state index contributed by atoms with van der Waals surface area (Å²) in [5.74, 6) is -0.576. The summed E-state index contributed by atoms with van der Waals surface area (Å²) < 4.78 is 0. The summed E-state index contributed by atoms with van der Waals surface area (Å²) in [6, 6.07) is 6.31. The number of rotatable bonds is 2. The van der Waals surface area contributed by atoms with Gasteiger partial charge in [0.2, 0.25) is 5.91 Å². The van der Waals surface area contributed by atoms with E-state index in [-0.39, 0.29) is 12.0 Å². The second-order valence-electron chi connectivity index (χ2n) is 4.46. The third-order valence-electron chi connectivity index (χ3n) is 3.17. The molecule has 5 heteroatoms. The summed E-state index contributed by atoms with van der Waals surface area (Å²) >= 11 is 0. The second kappa shape index (κ2) is 5.18. The van der Waals surface area contributed by atoms with E-state index in [2.05, 4.69) is 0 Å². The molecule has 0 radical (unpaired) electrons. The first-order valence-corrected chi connectivity index (χ1v) is 5.95. The van der Waals surface area contributed by atoms with Crippen molar-refractivity contribution >= 4 is 11.8 Å². The van der Waals surface area contributed by atoms with Crippen molar-refractivity contribution in [2.75, 3.05) is 13.1 Å². The summed E-state index contributed by atoms with van der Waals surface area (Å²) in [6.07, 6.45) is 0.933. The predicted molar refractivity (Wildman–Crippen MR) is 66.1 cm³/mol. The van der Waals surface area contributed by atoms with Crippen molar-refractivity contribution in [3.8, 4) is 0 Å². The minimum absolute atomic E-state index is 0.0714. The monoisotopic (exact) mass is 248 g/mol. The molecule has 0 unspecified atom stereocenters. The third kappa shape index (κ3) is 2.68. The van der Waals surface area contributed by atoms with E-state index >= 15 is 0 Å². The molecule has 2 amide bonds. The molecular weight excluding hydrogens is 232 g/mol. The molecule has 2 rings (SSSR count). The Balaban J connectivity index is 2.07. The maximum absolute atomic E-state index is 12.1. The van der Waals surface area contributed by atoms with Gasteiger partial charge in [-0.15, -0.1) is 0 Å². The van der Waals surface area contributed by atoms with Crippen molar-refractivity contribution in [2.45, 2.75) is 18.9 Å². The summed E-state index contributed by atoms with van der Waals surface area (Å²) in [6.45, 7) is 1.13. The van der Waals surface area contributed by atoms with Crippen LogP contribution < -0.4 is 5.73 Å². The maximum Gasteiger partial charge on any atom is 0.253 e. The number of nitrogens with zero attached hydrogens (tertiary/aromatic N) is 1. The Hall–Kier alpha value is -1.88. The van der Waals surface area contributed by atoms with Gasteiger partial charge in [0, 0.05) is 24.2 Å². The van der Waals surface area contributed by atoms with Crippen LogP contribution in [0, 0.1) is 0 Å². The van der Waals surface area contributed by atoms with E-state index in [1.54, 1.807) is 29.2 Å². The zero-order valence-corrected chi connectivity index (χ0v) is 10.0. The number of likely N-dealkylation sites (tertiary alicyclic amines) is 1. The van der Waals surface area contributed by atoms with Crippen molar-refractivity contribution in [2.24, 2.45) is 5.73 Å². The number of primary amides is 1. The molecule has 1 aromatic carbocycles. The molecule has 1 aromatic rings. The van der Waals surface area contributed by atoms with Crippen LogP contribution in [0.15, 0.2) is 24.3 Å². The molecule has 96 valence electrons. The van der Waals surface area contributed by atoms with E-state index in [4.69, 9.17) is 5.73 Å². The molecule has 18 heavy (non-hydrogen) atoms. The fourth-order valence-corrected chi connectivity index (χ4v) is 2.03. The number of carbonyl (C=O) groups excluding carboxylic acids is 2. The van der Waals surface area contributed by atoms with Crippen LogP contribution in [0.2, 0.25) is 0 Å². The van der Waals surface area contributed by atoms with Gasteiger partial charge in [-0.2, -0.15) is 0 Å². The molecular formula is C13H16N2O3. The van der Waals surface area contributed by atoms with Crippen molar-refractivity contribution in [3.05, 3.63) is 35.4 Å². The van der Waals surface area contributed by atoms with Gasteiger partial charge in [-0.25, -0.2) is 0 Å². The standard InChI is InChI=1S/C13H16N2O3/c14-12(17)9-1-3-10(4-2-9)13(18)15-7-5-11(16)6-8-15/h1-4,11,16H,5-8H2,(H2,14,17). The molecule has 0 saturated carbocycles. The van der Waals surface area contributed by atoms with Gasteiger partial charge < -0.3 is 15.7 Å². The van der Waals surface area contributed by atoms with Crippen LogP contribution in [0.4, 0.5) is 0 Å². The van der Waals surface area contributed by atoms with Gasteiger partial charge in [0.1, 0.15) is 0 Å². The quantitative estimate of drug-likeness (QED) is 0.793. The lowest BCUT2D eigenvalue weighted by Gasteiger charge is -2.29. The van der Waals surface area contributed by atoms with E-state index in [0.29, 0.717) is 37.1 Å². The molecule has 0 bridgehead atoms. The largest absolute Gasteiger partial charge is 0.393 e. The van der Waals surface area contributed by atoms with Crippen molar-refractivity contribution in [1.29, 1.82) is 0 Å². The summed E-state index contributed by atoms with van der Waals surface area (Å²) in [5, 5.41) is 9.39. The van der Waals surface area contributed by atoms with Gasteiger partial charge in [-0.1, -0.05) is 0 Å². The van der Waals surface area contributed by atoms with Crippen molar-refractivity contribution in [1.82, 2.24) is 4.90 Å². The van der Waals surface area contributed by atoms with E-state index in [9.17, 15) is 14.7 Å². The molecule has 1 fully saturated rings. The number of hydrogen-bond acceptors (Lipinski definition) is 3. The molecule has 0 aromatic heterocycles. The Kier molecular flexibility index (Phi) is 3.62. The Morgan fingerprint density at radius 1 is 1.11 bits per heavy atom.